The average molecular weight is 357 g/mol. The number of ether oxygens (including phenoxy) is 2. The Kier molecular flexibility index (Phi) is 3.82. The fourth-order valence-electron chi connectivity index (χ4n) is 2.76. The van der Waals surface area contributed by atoms with Crippen molar-refractivity contribution in [3.05, 3.63) is 53.2 Å². The van der Waals surface area contributed by atoms with E-state index in [2.05, 4.69) is 5.16 Å². The molecule has 1 aromatic heterocycles. The number of hydrogen-bond acceptors (Lipinski definition) is 5. The minimum absolute atomic E-state index is 0.164. The molecule has 0 spiro atoms. The van der Waals surface area contributed by atoms with Gasteiger partial charge in [-0.3, -0.25) is 9.69 Å². The molecule has 1 aliphatic rings. The highest BCUT2D eigenvalue weighted by Crippen LogP contribution is 2.42. The lowest BCUT2D eigenvalue weighted by Crippen LogP contribution is -2.15. The van der Waals surface area contributed by atoms with Gasteiger partial charge in [-0.2, -0.15) is 0 Å². The molecule has 1 amide bonds. The molecule has 0 atom stereocenters. The molecule has 1 aliphatic heterocycles. The topological polar surface area (TPSA) is 64.8 Å². The van der Waals surface area contributed by atoms with Gasteiger partial charge in [0.2, 0.25) is 13.2 Å². The Morgan fingerprint density at radius 3 is 2.76 bits per heavy atom. The zero-order valence-electron chi connectivity index (χ0n) is 13.2. The SMILES string of the molecule is Cc1onc(-c2ccccc2Cl)c1N(C=O)c1ccc2c(c1)OCO2. The van der Waals surface area contributed by atoms with Crippen LogP contribution in [0, 0.1) is 6.92 Å². The first-order chi connectivity index (χ1) is 12.2. The summed E-state index contributed by atoms with van der Waals surface area (Å²) in [6, 6.07) is 12.5. The van der Waals surface area contributed by atoms with Crippen LogP contribution in [0.25, 0.3) is 11.3 Å². The zero-order chi connectivity index (χ0) is 17.4. The Morgan fingerprint density at radius 2 is 1.96 bits per heavy atom. The molecule has 0 saturated carbocycles. The number of hydrogen-bond donors (Lipinski definition) is 0. The summed E-state index contributed by atoms with van der Waals surface area (Å²) in [7, 11) is 0. The second-order valence-corrected chi connectivity index (χ2v) is 5.84. The molecule has 25 heavy (non-hydrogen) atoms. The second kappa shape index (κ2) is 6.14. The van der Waals surface area contributed by atoms with Gasteiger partial charge in [-0.25, -0.2) is 0 Å². The Bertz CT molecular complexity index is 954. The maximum absolute atomic E-state index is 11.9. The van der Waals surface area contributed by atoms with Crippen molar-refractivity contribution >= 4 is 29.4 Å². The van der Waals surface area contributed by atoms with Crippen molar-refractivity contribution in [2.45, 2.75) is 6.92 Å². The molecular weight excluding hydrogens is 344 g/mol. The predicted molar refractivity (Wildman–Crippen MR) is 92.5 cm³/mol. The fraction of sp³-hybridized carbons (Fsp3) is 0.111. The number of aryl methyl sites for hydroxylation is 1. The van der Waals surface area contributed by atoms with Crippen molar-refractivity contribution in [3.63, 3.8) is 0 Å². The Hall–Kier alpha value is -2.99. The molecule has 126 valence electrons. The van der Waals surface area contributed by atoms with Crippen molar-refractivity contribution < 1.29 is 18.8 Å². The minimum atomic E-state index is 0.164. The molecule has 2 heterocycles. The van der Waals surface area contributed by atoms with E-state index in [9.17, 15) is 4.79 Å². The van der Waals surface area contributed by atoms with Crippen LogP contribution in [0.3, 0.4) is 0 Å². The van der Waals surface area contributed by atoms with Gasteiger partial charge < -0.3 is 14.0 Å². The number of amides is 1. The van der Waals surface area contributed by atoms with Gasteiger partial charge >= 0.3 is 0 Å². The molecule has 0 saturated heterocycles. The number of fused-ring (bicyclic) bond motifs is 1. The van der Waals surface area contributed by atoms with E-state index in [0.717, 1.165) is 0 Å². The number of anilines is 2. The maximum Gasteiger partial charge on any atom is 0.231 e. The molecule has 0 aliphatic carbocycles. The first-order valence-corrected chi connectivity index (χ1v) is 7.92. The van der Waals surface area contributed by atoms with Gasteiger partial charge in [0.15, 0.2) is 17.3 Å². The van der Waals surface area contributed by atoms with Gasteiger partial charge in [-0.15, -0.1) is 0 Å². The minimum Gasteiger partial charge on any atom is -0.454 e. The second-order valence-electron chi connectivity index (χ2n) is 5.43. The number of aromatic nitrogens is 1. The molecule has 7 heteroatoms. The average Bonchev–Trinajstić information content (AvgIpc) is 3.23. The lowest BCUT2D eigenvalue weighted by Gasteiger charge is -2.18. The van der Waals surface area contributed by atoms with E-state index in [-0.39, 0.29) is 6.79 Å². The molecule has 6 nitrogen and oxygen atoms in total. The van der Waals surface area contributed by atoms with Crippen LogP contribution >= 0.6 is 11.6 Å². The third-order valence-corrected chi connectivity index (χ3v) is 4.27. The first-order valence-electron chi connectivity index (χ1n) is 7.54. The zero-order valence-corrected chi connectivity index (χ0v) is 14.0. The van der Waals surface area contributed by atoms with Crippen molar-refractivity contribution in [1.82, 2.24) is 5.16 Å². The Morgan fingerprint density at radius 1 is 1.16 bits per heavy atom. The molecule has 4 rings (SSSR count). The van der Waals surface area contributed by atoms with Gasteiger partial charge in [0.1, 0.15) is 11.4 Å². The summed E-state index contributed by atoms with van der Waals surface area (Å²) < 4.78 is 16.0. The first kappa shape index (κ1) is 15.5. The Labute approximate surface area is 148 Å². The third-order valence-electron chi connectivity index (χ3n) is 3.94. The lowest BCUT2D eigenvalue weighted by molar-refractivity contribution is -0.106. The molecule has 0 bridgehead atoms. The van der Waals surface area contributed by atoms with E-state index >= 15 is 0 Å². The van der Waals surface area contributed by atoms with Crippen LogP contribution in [0.5, 0.6) is 11.5 Å². The van der Waals surface area contributed by atoms with Gasteiger partial charge in [-0.1, -0.05) is 35.0 Å². The Balaban J connectivity index is 1.84. The van der Waals surface area contributed by atoms with E-state index in [1.807, 2.05) is 18.2 Å². The van der Waals surface area contributed by atoms with Crippen molar-refractivity contribution in [1.29, 1.82) is 0 Å². The van der Waals surface area contributed by atoms with Gasteiger partial charge in [-0.05, 0) is 25.1 Å². The molecule has 2 aromatic carbocycles. The van der Waals surface area contributed by atoms with Gasteiger partial charge in [0.25, 0.3) is 0 Å². The summed E-state index contributed by atoms with van der Waals surface area (Å²) in [6.07, 6.45) is 0.706. The number of nitrogens with zero attached hydrogens (tertiary/aromatic N) is 2. The van der Waals surface area contributed by atoms with Crippen molar-refractivity contribution in [2.75, 3.05) is 11.7 Å². The molecule has 0 radical (unpaired) electrons. The van der Waals surface area contributed by atoms with E-state index in [4.69, 9.17) is 25.6 Å². The number of rotatable bonds is 4. The largest absolute Gasteiger partial charge is 0.454 e. The fourth-order valence-corrected chi connectivity index (χ4v) is 2.98. The lowest BCUT2D eigenvalue weighted by atomic mass is 10.1. The van der Waals surface area contributed by atoms with Crippen LogP contribution in [0.15, 0.2) is 47.0 Å². The maximum atomic E-state index is 11.9. The van der Waals surface area contributed by atoms with Gasteiger partial charge in [0, 0.05) is 11.6 Å². The summed E-state index contributed by atoms with van der Waals surface area (Å²) in [4.78, 5) is 13.3. The third kappa shape index (κ3) is 2.60. The van der Waals surface area contributed by atoms with Crippen LogP contribution in [-0.2, 0) is 4.79 Å². The molecular formula is C18H13ClN2O4. The highest BCUT2D eigenvalue weighted by atomic mass is 35.5. The predicted octanol–water partition coefficient (Wildman–Crippen LogP) is 4.33. The number of carbonyl (C=O) groups is 1. The standard InChI is InChI=1S/C18H13ClN2O4/c1-11-18(17(20-25-11)13-4-2-3-5-14(13)19)21(9-22)12-6-7-15-16(8-12)24-10-23-15/h2-9H,10H2,1H3. The monoisotopic (exact) mass is 356 g/mol. The highest BCUT2D eigenvalue weighted by molar-refractivity contribution is 6.33. The van der Waals surface area contributed by atoms with Crippen LogP contribution in [0.4, 0.5) is 11.4 Å². The summed E-state index contributed by atoms with van der Waals surface area (Å²) in [5.74, 6) is 1.72. The van der Waals surface area contributed by atoms with Gasteiger partial charge in [0.05, 0.1) is 10.7 Å². The number of benzene rings is 2. The summed E-state index contributed by atoms with van der Waals surface area (Å²) in [6.45, 7) is 1.91. The van der Waals surface area contributed by atoms with Crippen molar-refractivity contribution in [2.24, 2.45) is 0 Å². The van der Waals surface area contributed by atoms with E-state index in [0.29, 0.717) is 51.3 Å². The molecule has 0 unspecified atom stereocenters. The summed E-state index contributed by atoms with van der Waals surface area (Å²) in [5, 5.41) is 4.62. The molecule has 0 fully saturated rings. The summed E-state index contributed by atoms with van der Waals surface area (Å²) >= 11 is 6.29. The molecule has 3 aromatic rings. The van der Waals surface area contributed by atoms with E-state index in [1.165, 1.54) is 4.90 Å². The van der Waals surface area contributed by atoms with Crippen LogP contribution in [0.1, 0.15) is 5.76 Å². The van der Waals surface area contributed by atoms with Crippen LogP contribution < -0.4 is 14.4 Å². The van der Waals surface area contributed by atoms with Crippen LogP contribution in [0.2, 0.25) is 5.02 Å². The summed E-state index contributed by atoms with van der Waals surface area (Å²) in [5.41, 5.74) is 2.32. The normalized spacial score (nSPS) is 12.2. The quantitative estimate of drug-likeness (QED) is 0.651. The smallest absolute Gasteiger partial charge is 0.231 e. The molecule has 0 N–H and O–H groups in total. The number of carbonyl (C=O) groups excluding carboxylic acids is 1. The highest BCUT2D eigenvalue weighted by Gasteiger charge is 2.25. The van der Waals surface area contributed by atoms with E-state index in [1.54, 1.807) is 31.2 Å². The number of halogens is 1. The van der Waals surface area contributed by atoms with Crippen LogP contribution in [-0.4, -0.2) is 18.4 Å². The van der Waals surface area contributed by atoms with Crippen molar-refractivity contribution in [3.8, 4) is 22.8 Å². The van der Waals surface area contributed by atoms with E-state index < -0.39 is 0 Å².